The van der Waals surface area contributed by atoms with Gasteiger partial charge < -0.3 is 21.3 Å². The van der Waals surface area contributed by atoms with E-state index in [4.69, 9.17) is 11.5 Å². The van der Waals surface area contributed by atoms with Gasteiger partial charge in [0.2, 0.25) is 0 Å². The fourth-order valence-electron chi connectivity index (χ4n) is 2.99. The lowest BCUT2D eigenvalue weighted by Gasteiger charge is -2.40. The highest BCUT2D eigenvalue weighted by Crippen LogP contribution is 2.21. The average molecular weight is 265 g/mol. The van der Waals surface area contributed by atoms with Gasteiger partial charge in [0.25, 0.3) is 0 Å². The first-order valence-corrected chi connectivity index (χ1v) is 7.32. The Balaban J connectivity index is 1.75. The van der Waals surface area contributed by atoms with Crippen LogP contribution >= 0.6 is 0 Å². The molecule has 0 aromatic carbocycles. The molecule has 19 heavy (non-hydrogen) atoms. The summed E-state index contributed by atoms with van der Waals surface area (Å²) in [5.74, 6) is 0. The molecular formula is C14H27N5. The molecule has 2 fully saturated rings. The summed E-state index contributed by atoms with van der Waals surface area (Å²) in [6.45, 7) is 4.81. The molecule has 0 radical (unpaired) electrons. The van der Waals surface area contributed by atoms with Crippen LogP contribution in [0.2, 0.25) is 0 Å². The fraction of sp³-hybridized carbons (Fsp3) is 0.786. The van der Waals surface area contributed by atoms with Crippen LogP contribution < -0.4 is 11.5 Å². The monoisotopic (exact) mass is 265 g/mol. The first-order chi connectivity index (χ1) is 9.19. The van der Waals surface area contributed by atoms with Gasteiger partial charge in [-0.15, -0.1) is 0 Å². The van der Waals surface area contributed by atoms with E-state index in [1.807, 2.05) is 0 Å². The zero-order valence-electron chi connectivity index (χ0n) is 12.0. The quantitative estimate of drug-likeness (QED) is 0.724. The molecule has 0 atom stereocenters. The third kappa shape index (κ3) is 4.21. The maximum Gasteiger partial charge on any atom is 0.0653 e. The summed E-state index contributed by atoms with van der Waals surface area (Å²) in [4.78, 5) is 9.59. The van der Waals surface area contributed by atoms with Gasteiger partial charge in [-0.3, -0.25) is 4.99 Å². The summed E-state index contributed by atoms with van der Waals surface area (Å²) in [6, 6.07) is 1.20. The molecule has 0 aromatic heterocycles. The van der Waals surface area contributed by atoms with Crippen LogP contribution in [0.25, 0.3) is 0 Å². The number of hydrogen-bond acceptors (Lipinski definition) is 5. The van der Waals surface area contributed by atoms with Crippen molar-refractivity contribution in [3.8, 4) is 0 Å². The van der Waals surface area contributed by atoms with Gasteiger partial charge in [0.1, 0.15) is 0 Å². The standard InChI is InChI=1S/C14H27N5/c1-18-6-4-14(5-7-18)19-8-2-13(3-9-19)17-11-12(16)10-15/h10-11,13-14H,2-9,15-16H2,1H3. The van der Waals surface area contributed by atoms with Gasteiger partial charge in [0.05, 0.1) is 11.7 Å². The second-order valence-electron chi connectivity index (χ2n) is 5.75. The summed E-state index contributed by atoms with van der Waals surface area (Å²) < 4.78 is 0. The Morgan fingerprint density at radius 2 is 1.74 bits per heavy atom. The molecule has 0 spiro atoms. The highest BCUT2D eigenvalue weighted by atomic mass is 15.2. The van der Waals surface area contributed by atoms with Crippen LogP contribution in [0, 0.1) is 0 Å². The lowest BCUT2D eigenvalue weighted by Crippen LogP contribution is -2.47. The van der Waals surface area contributed by atoms with Crippen LogP contribution in [-0.4, -0.2) is 61.3 Å². The van der Waals surface area contributed by atoms with Crippen molar-refractivity contribution in [3.05, 3.63) is 11.9 Å². The number of piperidine rings is 2. The predicted molar refractivity (Wildman–Crippen MR) is 80.1 cm³/mol. The van der Waals surface area contributed by atoms with Crippen LogP contribution in [0.3, 0.4) is 0 Å². The SMILES string of the molecule is CN1CCC(N2CCC(N=CC(N)=CN)CC2)CC1. The number of nitrogens with zero attached hydrogens (tertiary/aromatic N) is 3. The van der Waals surface area contributed by atoms with Crippen LogP contribution in [0.1, 0.15) is 25.7 Å². The van der Waals surface area contributed by atoms with E-state index in [-0.39, 0.29) is 0 Å². The molecule has 5 nitrogen and oxygen atoms in total. The maximum atomic E-state index is 5.62. The molecule has 5 heteroatoms. The zero-order valence-corrected chi connectivity index (χ0v) is 12.0. The second kappa shape index (κ2) is 6.91. The molecule has 0 aliphatic carbocycles. The third-order valence-corrected chi connectivity index (χ3v) is 4.33. The van der Waals surface area contributed by atoms with E-state index < -0.39 is 0 Å². The molecule has 2 heterocycles. The minimum Gasteiger partial charge on any atom is -0.403 e. The number of hydrogen-bond donors (Lipinski definition) is 2. The first kappa shape index (κ1) is 14.3. The van der Waals surface area contributed by atoms with E-state index in [1.54, 1.807) is 6.21 Å². The summed E-state index contributed by atoms with van der Waals surface area (Å²) in [5.41, 5.74) is 11.5. The molecule has 108 valence electrons. The van der Waals surface area contributed by atoms with E-state index in [0.29, 0.717) is 11.7 Å². The lowest BCUT2D eigenvalue weighted by atomic mass is 9.98. The summed E-state index contributed by atoms with van der Waals surface area (Å²) in [5, 5.41) is 0. The van der Waals surface area contributed by atoms with Crippen molar-refractivity contribution in [1.82, 2.24) is 9.80 Å². The normalized spacial score (nSPS) is 26.3. The largest absolute Gasteiger partial charge is 0.403 e. The van der Waals surface area contributed by atoms with Gasteiger partial charge in [-0.1, -0.05) is 0 Å². The van der Waals surface area contributed by atoms with Crippen molar-refractivity contribution in [2.45, 2.75) is 37.8 Å². The number of aliphatic imine (C=N–C) groups is 1. The minimum atomic E-state index is 0.418. The Bertz CT molecular complexity index is 323. The third-order valence-electron chi connectivity index (χ3n) is 4.33. The van der Waals surface area contributed by atoms with Crippen molar-refractivity contribution in [2.75, 3.05) is 33.2 Å². The lowest BCUT2D eigenvalue weighted by molar-refractivity contribution is 0.0976. The molecule has 2 saturated heterocycles. The Morgan fingerprint density at radius 1 is 1.11 bits per heavy atom. The molecule has 0 unspecified atom stereocenters. The fourth-order valence-corrected chi connectivity index (χ4v) is 2.99. The second-order valence-corrected chi connectivity index (χ2v) is 5.75. The van der Waals surface area contributed by atoms with Crippen molar-refractivity contribution >= 4 is 6.21 Å². The first-order valence-electron chi connectivity index (χ1n) is 7.32. The van der Waals surface area contributed by atoms with Crippen LogP contribution in [0.15, 0.2) is 16.9 Å². The molecule has 2 rings (SSSR count). The van der Waals surface area contributed by atoms with Gasteiger partial charge >= 0.3 is 0 Å². The summed E-state index contributed by atoms with van der Waals surface area (Å²) in [7, 11) is 2.21. The molecule has 0 bridgehead atoms. The van der Waals surface area contributed by atoms with Crippen LogP contribution in [0.4, 0.5) is 0 Å². The highest BCUT2D eigenvalue weighted by Gasteiger charge is 2.26. The predicted octanol–water partition coefficient (Wildman–Crippen LogP) is 0.375. The van der Waals surface area contributed by atoms with Gasteiger partial charge in [-0.2, -0.15) is 0 Å². The number of nitrogens with two attached hydrogens (primary N) is 2. The Hall–Kier alpha value is -1.07. The van der Waals surface area contributed by atoms with E-state index in [2.05, 4.69) is 21.8 Å². The van der Waals surface area contributed by atoms with Gasteiger partial charge in [0, 0.05) is 31.5 Å². The maximum absolute atomic E-state index is 5.62. The van der Waals surface area contributed by atoms with Crippen LogP contribution in [-0.2, 0) is 0 Å². The van der Waals surface area contributed by atoms with Crippen molar-refractivity contribution in [1.29, 1.82) is 0 Å². The molecule has 0 aromatic rings. The average Bonchev–Trinajstić information content (AvgIpc) is 2.46. The number of allylic oxidation sites excluding steroid dienone is 1. The highest BCUT2D eigenvalue weighted by molar-refractivity contribution is 5.77. The topological polar surface area (TPSA) is 70.9 Å². The Labute approximate surface area is 116 Å². The Kier molecular flexibility index (Phi) is 5.22. The van der Waals surface area contributed by atoms with Crippen molar-refractivity contribution < 1.29 is 0 Å². The number of rotatable bonds is 3. The minimum absolute atomic E-state index is 0.418. The van der Waals surface area contributed by atoms with Crippen LogP contribution in [0.5, 0.6) is 0 Å². The molecule has 2 aliphatic heterocycles. The number of likely N-dealkylation sites (tertiary alicyclic amines) is 2. The van der Waals surface area contributed by atoms with E-state index in [9.17, 15) is 0 Å². The van der Waals surface area contributed by atoms with Crippen molar-refractivity contribution in [2.24, 2.45) is 16.5 Å². The summed E-state index contributed by atoms with van der Waals surface area (Å²) in [6.07, 6.45) is 8.01. The van der Waals surface area contributed by atoms with Crippen molar-refractivity contribution in [3.63, 3.8) is 0 Å². The van der Waals surface area contributed by atoms with Gasteiger partial charge in [0.15, 0.2) is 0 Å². The Morgan fingerprint density at radius 3 is 2.32 bits per heavy atom. The van der Waals surface area contributed by atoms with Gasteiger partial charge in [-0.05, 0) is 45.8 Å². The molecule has 0 amide bonds. The molecular weight excluding hydrogens is 238 g/mol. The van der Waals surface area contributed by atoms with E-state index >= 15 is 0 Å². The smallest absolute Gasteiger partial charge is 0.0653 e. The molecule has 4 N–H and O–H groups in total. The van der Waals surface area contributed by atoms with Gasteiger partial charge in [-0.25, -0.2) is 0 Å². The van der Waals surface area contributed by atoms with E-state index in [0.717, 1.165) is 18.9 Å². The molecule has 0 saturated carbocycles. The summed E-state index contributed by atoms with van der Waals surface area (Å²) >= 11 is 0. The molecule has 2 aliphatic rings. The van der Waals surface area contributed by atoms with E-state index in [1.165, 1.54) is 45.2 Å². The zero-order chi connectivity index (χ0) is 13.7.